The molecule has 0 saturated heterocycles. The Morgan fingerprint density at radius 3 is 2.53 bits per heavy atom. The minimum atomic E-state index is -0.798. The van der Waals surface area contributed by atoms with Gasteiger partial charge in [-0.15, -0.1) is 0 Å². The van der Waals surface area contributed by atoms with Crippen molar-refractivity contribution in [1.82, 2.24) is 9.97 Å². The molecule has 2 N–H and O–H groups in total. The van der Waals surface area contributed by atoms with Gasteiger partial charge in [-0.2, -0.15) is 0 Å². The number of hydrogen-bond donors (Lipinski definition) is 2. The first-order valence-corrected chi connectivity index (χ1v) is 4.85. The van der Waals surface area contributed by atoms with Gasteiger partial charge in [0.25, 0.3) is 0 Å². The Balaban J connectivity index is 2.51. The van der Waals surface area contributed by atoms with Crippen LogP contribution in [0, 0.1) is 11.8 Å². The highest BCUT2D eigenvalue weighted by Gasteiger charge is 2.21. The number of rotatable bonds is 5. The van der Waals surface area contributed by atoms with E-state index in [1.54, 1.807) is 18.5 Å². The second kappa shape index (κ2) is 5.29. The molecule has 0 fully saturated rings. The van der Waals surface area contributed by atoms with Gasteiger partial charge in [0, 0.05) is 18.9 Å². The maximum Gasteiger partial charge on any atom is 0.308 e. The van der Waals surface area contributed by atoms with Crippen LogP contribution in [0.25, 0.3) is 0 Å². The molecule has 0 radical (unpaired) electrons. The quantitative estimate of drug-likeness (QED) is 0.763. The number of hydrogen-bond acceptors (Lipinski definition) is 4. The molecule has 1 heterocycles. The van der Waals surface area contributed by atoms with E-state index in [0.29, 0.717) is 12.5 Å². The molecule has 0 aliphatic rings. The van der Waals surface area contributed by atoms with Gasteiger partial charge in [0.05, 0.1) is 5.92 Å². The fraction of sp³-hybridized carbons (Fsp3) is 0.500. The predicted molar refractivity (Wildman–Crippen MR) is 56.5 cm³/mol. The molecule has 1 rings (SSSR count). The van der Waals surface area contributed by atoms with Crippen molar-refractivity contribution >= 4 is 11.9 Å². The second-order valence-corrected chi connectivity index (χ2v) is 3.64. The highest BCUT2D eigenvalue weighted by atomic mass is 16.4. The first-order valence-electron chi connectivity index (χ1n) is 4.85. The molecule has 5 heteroatoms. The minimum absolute atomic E-state index is 0.0821. The Morgan fingerprint density at radius 2 is 2.07 bits per heavy atom. The van der Waals surface area contributed by atoms with E-state index in [4.69, 9.17) is 5.11 Å². The van der Waals surface area contributed by atoms with Gasteiger partial charge < -0.3 is 10.4 Å². The number of carbonyl (C=O) groups is 1. The fourth-order valence-electron chi connectivity index (χ4n) is 1.20. The monoisotopic (exact) mass is 209 g/mol. The maximum absolute atomic E-state index is 10.9. The van der Waals surface area contributed by atoms with Crippen LogP contribution in [-0.2, 0) is 4.79 Å². The minimum Gasteiger partial charge on any atom is -0.481 e. The molecule has 0 spiro atoms. The van der Waals surface area contributed by atoms with Gasteiger partial charge in [0.15, 0.2) is 0 Å². The summed E-state index contributed by atoms with van der Waals surface area (Å²) in [6, 6.07) is 1.71. The molecule has 15 heavy (non-hydrogen) atoms. The summed E-state index contributed by atoms with van der Waals surface area (Å²) < 4.78 is 0. The molecule has 1 unspecified atom stereocenters. The fourth-order valence-corrected chi connectivity index (χ4v) is 1.20. The second-order valence-electron chi connectivity index (χ2n) is 3.64. The molecular formula is C10H15N3O2. The number of anilines is 1. The van der Waals surface area contributed by atoms with Crippen LogP contribution in [-0.4, -0.2) is 27.6 Å². The lowest BCUT2D eigenvalue weighted by Crippen LogP contribution is -2.28. The van der Waals surface area contributed by atoms with Crippen LogP contribution < -0.4 is 5.32 Å². The predicted octanol–water partition coefficient (Wildman–Crippen LogP) is 1.25. The number of carboxylic acids is 1. The molecule has 0 saturated carbocycles. The van der Waals surface area contributed by atoms with E-state index in [9.17, 15) is 4.79 Å². The molecule has 1 atom stereocenters. The summed E-state index contributed by atoms with van der Waals surface area (Å²) in [6.07, 6.45) is 3.22. The Labute approximate surface area is 88.6 Å². The van der Waals surface area contributed by atoms with E-state index in [-0.39, 0.29) is 5.92 Å². The summed E-state index contributed by atoms with van der Waals surface area (Å²) in [5.74, 6) is -0.676. The summed E-state index contributed by atoms with van der Waals surface area (Å²) >= 11 is 0. The molecule has 0 amide bonds. The standard InChI is InChI=1S/C10H15N3O2/c1-7(2)8(9(14)15)6-13-10-11-4-3-5-12-10/h3-5,7-8H,6H2,1-2H3,(H,14,15)(H,11,12,13). The third kappa shape index (κ3) is 3.53. The number of nitrogens with zero attached hydrogens (tertiary/aromatic N) is 2. The van der Waals surface area contributed by atoms with Gasteiger partial charge in [-0.05, 0) is 12.0 Å². The number of aromatic nitrogens is 2. The maximum atomic E-state index is 10.9. The average molecular weight is 209 g/mol. The van der Waals surface area contributed by atoms with E-state index in [2.05, 4.69) is 15.3 Å². The molecule has 82 valence electrons. The topological polar surface area (TPSA) is 75.1 Å². The van der Waals surface area contributed by atoms with Crippen LogP contribution in [0.5, 0.6) is 0 Å². The summed E-state index contributed by atoms with van der Waals surface area (Å²) in [5, 5.41) is 11.8. The Kier molecular flexibility index (Phi) is 4.03. The SMILES string of the molecule is CC(C)C(CNc1ncccn1)C(=O)O. The van der Waals surface area contributed by atoms with Gasteiger partial charge in [-0.1, -0.05) is 13.8 Å². The van der Waals surface area contributed by atoms with Crippen LogP contribution >= 0.6 is 0 Å². The molecule has 0 aromatic carbocycles. The zero-order valence-electron chi connectivity index (χ0n) is 8.84. The number of carboxylic acid groups (broad SMARTS) is 1. The van der Waals surface area contributed by atoms with Gasteiger partial charge in [-0.25, -0.2) is 9.97 Å². The van der Waals surface area contributed by atoms with E-state index in [1.165, 1.54) is 0 Å². The zero-order chi connectivity index (χ0) is 11.3. The van der Waals surface area contributed by atoms with Crippen molar-refractivity contribution in [1.29, 1.82) is 0 Å². The third-order valence-electron chi connectivity index (χ3n) is 2.17. The van der Waals surface area contributed by atoms with Crippen LogP contribution in [0.2, 0.25) is 0 Å². The third-order valence-corrected chi connectivity index (χ3v) is 2.17. The number of nitrogens with one attached hydrogen (secondary N) is 1. The van der Waals surface area contributed by atoms with Gasteiger partial charge in [0.2, 0.25) is 5.95 Å². The van der Waals surface area contributed by atoms with E-state index in [1.807, 2.05) is 13.8 Å². The summed E-state index contributed by atoms with van der Waals surface area (Å²) in [6.45, 7) is 4.11. The highest BCUT2D eigenvalue weighted by molar-refractivity contribution is 5.71. The molecule has 0 aliphatic carbocycles. The van der Waals surface area contributed by atoms with Crippen molar-refractivity contribution in [2.75, 3.05) is 11.9 Å². The smallest absolute Gasteiger partial charge is 0.308 e. The molecule has 5 nitrogen and oxygen atoms in total. The van der Waals surface area contributed by atoms with Crippen molar-refractivity contribution in [3.63, 3.8) is 0 Å². The summed E-state index contributed by atoms with van der Waals surface area (Å²) in [5.41, 5.74) is 0. The van der Waals surface area contributed by atoms with Gasteiger partial charge in [-0.3, -0.25) is 4.79 Å². The lowest BCUT2D eigenvalue weighted by Gasteiger charge is -2.16. The lowest BCUT2D eigenvalue weighted by atomic mass is 9.96. The molecule has 1 aromatic rings. The van der Waals surface area contributed by atoms with Gasteiger partial charge >= 0.3 is 5.97 Å². The van der Waals surface area contributed by atoms with Crippen LogP contribution in [0.4, 0.5) is 5.95 Å². The lowest BCUT2D eigenvalue weighted by molar-refractivity contribution is -0.142. The first-order chi connectivity index (χ1) is 7.11. The van der Waals surface area contributed by atoms with E-state index >= 15 is 0 Å². The van der Waals surface area contributed by atoms with E-state index < -0.39 is 11.9 Å². The average Bonchev–Trinajstić information content (AvgIpc) is 2.18. The molecule has 0 bridgehead atoms. The van der Waals surface area contributed by atoms with Gasteiger partial charge in [0.1, 0.15) is 0 Å². The van der Waals surface area contributed by atoms with Crippen molar-refractivity contribution < 1.29 is 9.90 Å². The van der Waals surface area contributed by atoms with Crippen LogP contribution in [0.15, 0.2) is 18.5 Å². The summed E-state index contributed by atoms with van der Waals surface area (Å²) in [7, 11) is 0. The van der Waals surface area contributed by atoms with Crippen molar-refractivity contribution in [2.45, 2.75) is 13.8 Å². The number of aliphatic carboxylic acids is 1. The van der Waals surface area contributed by atoms with Crippen molar-refractivity contribution in [3.8, 4) is 0 Å². The van der Waals surface area contributed by atoms with Crippen LogP contribution in [0.1, 0.15) is 13.8 Å². The molecular weight excluding hydrogens is 194 g/mol. The largest absolute Gasteiger partial charge is 0.481 e. The van der Waals surface area contributed by atoms with E-state index in [0.717, 1.165) is 0 Å². The highest BCUT2D eigenvalue weighted by Crippen LogP contribution is 2.11. The molecule has 0 aliphatic heterocycles. The first kappa shape index (κ1) is 11.4. The Hall–Kier alpha value is -1.65. The van der Waals surface area contributed by atoms with Crippen molar-refractivity contribution in [3.05, 3.63) is 18.5 Å². The molecule has 1 aromatic heterocycles. The summed E-state index contributed by atoms with van der Waals surface area (Å²) in [4.78, 5) is 18.8. The Bertz CT molecular complexity index is 314. The van der Waals surface area contributed by atoms with Crippen molar-refractivity contribution in [2.24, 2.45) is 11.8 Å². The van der Waals surface area contributed by atoms with Crippen LogP contribution in [0.3, 0.4) is 0 Å². The Morgan fingerprint density at radius 1 is 1.47 bits per heavy atom. The normalized spacial score (nSPS) is 12.5. The zero-order valence-corrected chi connectivity index (χ0v) is 8.84.